The van der Waals surface area contributed by atoms with Crippen LogP contribution in [0.15, 0.2) is 40.9 Å². The Morgan fingerprint density at radius 2 is 1.93 bits per heavy atom. The zero-order chi connectivity index (χ0) is 19.1. The van der Waals surface area contributed by atoms with E-state index in [0.29, 0.717) is 23.9 Å². The van der Waals surface area contributed by atoms with Gasteiger partial charge in [0, 0.05) is 18.5 Å². The molecule has 3 aromatic rings. The average molecular weight is 365 g/mol. The molecule has 0 N–H and O–H groups in total. The Morgan fingerprint density at radius 3 is 2.70 bits per heavy atom. The van der Waals surface area contributed by atoms with Crippen LogP contribution in [0.5, 0.6) is 0 Å². The van der Waals surface area contributed by atoms with E-state index in [9.17, 15) is 9.18 Å². The summed E-state index contributed by atoms with van der Waals surface area (Å²) in [5.74, 6) is 0.115. The van der Waals surface area contributed by atoms with Gasteiger partial charge in [0.1, 0.15) is 5.82 Å². The fourth-order valence-electron chi connectivity index (χ4n) is 3.33. The van der Waals surface area contributed by atoms with Gasteiger partial charge in [0.25, 0.3) is 0 Å². The Hall–Kier alpha value is -3.02. The summed E-state index contributed by atoms with van der Waals surface area (Å²) in [7, 11) is 0. The molecule has 1 aliphatic heterocycles. The molecule has 6 heteroatoms. The first-order valence-electron chi connectivity index (χ1n) is 8.90. The first-order chi connectivity index (χ1) is 12.9. The third kappa shape index (κ3) is 3.23. The van der Waals surface area contributed by atoms with E-state index in [-0.39, 0.29) is 18.2 Å². The fourth-order valence-corrected chi connectivity index (χ4v) is 3.33. The van der Waals surface area contributed by atoms with Crippen LogP contribution < -0.4 is 4.90 Å². The van der Waals surface area contributed by atoms with E-state index in [4.69, 9.17) is 4.52 Å². The summed E-state index contributed by atoms with van der Waals surface area (Å²) in [5.41, 5.74) is 4.42. The lowest BCUT2D eigenvalue weighted by Gasteiger charge is -2.17. The van der Waals surface area contributed by atoms with Crippen molar-refractivity contribution < 1.29 is 13.7 Å². The van der Waals surface area contributed by atoms with Crippen molar-refractivity contribution >= 4 is 11.6 Å². The summed E-state index contributed by atoms with van der Waals surface area (Å²) in [5, 5.41) is 4.07. The molecular formula is C21H20FN3O2. The highest BCUT2D eigenvalue weighted by atomic mass is 19.1. The van der Waals surface area contributed by atoms with Crippen LogP contribution in [0.2, 0.25) is 0 Å². The predicted octanol–water partition coefficient (Wildman–Crippen LogP) is 4.32. The van der Waals surface area contributed by atoms with Gasteiger partial charge in [-0.3, -0.25) is 4.79 Å². The lowest BCUT2D eigenvalue weighted by atomic mass is 10.1. The van der Waals surface area contributed by atoms with Crippen molar-refractivity contribution in [1.29, 1.82) is 0 Å². The molecule has 1 amide bonds. The van der Waals surface area contributed by atoms with Crippen LogP contribution in [-0.4, -0.2) is 22.6 Å². The molecule has 5 nitrogen and oxygen atoms in total. The molecule has 0 aliphatic carbocycles. The monoisotopic (exact) mass is 365 g/mol. The second-order valence-electron chi connectivity index (χ2n) is 7.12. The summed E-state index contributed by atoms with van der Waals surface area (Å²) < 4.78 is 19.6. The Kier molecular flexibility index (Phi) is 4.26. The maximum Gasteiger partial charge on any atom is 0.232 e. The van der Waals surface area contributed by atoms with Gasteiger partial charge in [-0.1, -0.05) is 23.4 Å². The van der Waals surface area contributed by atoms with E-state index >= 15 is 0 Å². The molecule has 1 atom stereocenters. The number of hydrogen-bond donors (Lipinski definition) is 0. The van der Waals surface area contributed by atoms with Crippen LogP contribution in [0.4, 0.5) is 10.1 Å². The van der Waals surface area contributed by atoms with E-state index in [1.807, 2.05) is 39.0 Å². The minimum absolute atomic E-state index is 0.143. The Balaban J connectivity index is 1.58. The molecule has 0 spiro atoms. The number of benzene rings is 2. The van der Waals surface area contributed by atoms with Crippen molar-refractivity contribution in [3.8, 4) is 11.4 Å². The lowest BCUT2D eigenvalue weighted by Crippen LogP contribution is -2.25. The fraction of sp³-hybridized carbons (Fsp3) is 0.286. The number of aromatic nitrogens is 2. The second kappa shape index (κ2) is 6.61. The van der Waals surface area contributed by atoms with Gasteiger partial charge in [0.2, 0.25) is 17.6 Å². The highest BCUT2D eigenvalue weighted by molar-refractivity contribution is 5.96. The van der Waals surface area contributed by atoms with Gasteiger partial charge in [-0.25, -0.2) is 4.39 Å². The number of carbonyl (C=O) groups excluding carboxylic acids is 1. The number of nitrogens with zero attached hydrogens (tertiary/aromatic N) is 3. The summed E-state index contributed by atoms with van der Waals surface area (Å²) in [6, 6.07) is 10.7. The van der Waals surface area contributed by atoms with Gasteiger partial charge in [0.05, 0.1) is 11.6 Å². The molecule has 2 heterocycles. The normalized spacial score (nSPS) is 17.0. The van der Waals surface area contributed by atoms with Crippen LogP contribution >= 0.6 is 0 Å². The third-order valence-electron chi connectivity index (χ3n) is 5.07. The van der Waals surface area contributed by atoms with Gasteiger partial charge >= 0.3 is 0 Å². The van der Waals surface area contributed by atoms with Crippen molar-refractivity contribution in [3.63, 3.8) is 0 Å². The Labute approximate surface area is 156 Å². The first-order valence-corrected chi connectivity index (χ1v) is 8.90. The van der Waals surface area contributed by atoms with Gasteiger partial charge in [-0.2, -0.15) is 4.98 Å². The molecule has 27 heavy (non-hydrogen) atoms. The van der Waals surface area contributed by atoms with E-state index in [1.54, 1.807) is 12.1 Å². The lowest BCUT2D eigenvalue weighted by molar-refractivity contribution is -0.117. The van der Waals surface area contributed by atoms with Gasteiger partial charge in [-0.15, -0.1) is 0 Å². The molecule has 0 bridgehead atoms. The smallest absolute Gasteiger partial charge is 0.232 e. The van der Waals surface area contributed by atoms with E-state index in [0.717, 1.165) is 16.7 Å². The largest absolute Gasteiger partial charge is 0.339 e. The van der Waals surface area contributed by atoms with Crippen LogP contribution in [0, 0.1) is 26.6 Å². The Bertz CT molecular complexity index is 1030. The van der Waals surface area contributed by atoms with Crippen molar-refractivity contribution in [1.82, 2.24) is 10.1 Å². The standard InChI is InChI=1S/C21H20FN3O2/c1-12-4-7-17(22)18(8-12)25-11-16(10-19(25)26)21-23-20(24-27-21)15-6-5-13(2)14(3)9-15/h4-9,16H,10-11H2,1-3H3. The quantitative estimate of drug-likeness (QED) is 0.693. The molecule has 2 aromatic carbocycles. The molecular weight excluding hydrogens is 345 g/mol. The number of aryl methyl sites for hydroxylation is 3. The number of amides is 1. The molecule has 1 unspecified atom stereocenters. The van der Waals surface area contributed by atoms with Gasteiger partial charge < -0.3 is 9.42 Å². The average Bonchev–Trinajstić information content (AvgIpc) is 3.26. The third-order valence-corrected chi connectivity index (χ3v) is 5.07. The SMILES string of the molecule is Cc1ccc(F)c(N2CC(c3nc(-c4ccc(C)c(C)c4)no3)CC2=O)c1. The molecule has 1 saturated heterocycles. The number of halogens is 1. The maximum atomic E-state index is 14.2. The van der Waals surface area contributed by atoms with Crippen LogP contribution in [0.1, 0.15) is 34.9 Å². The van der Waals surface area contributed by atoms with Crippen molar-refractivity contribution in [2.75, 3.05) is 11.4 Å². The minimum atomic E-state index is -0.407. The predicted molar refractivity (Wildman–Crippen MR) is 100 cm³/mol. The first kappa shape index (κ1) is 17.4. The maximum absolute atomic E-state index is 14.2. The minimum Gasteiger partial charge on any atom is -0.339 e. The topological polar surface area (TPSA) is 59.2 Å². The summed E-state index contributed by atoms with van der Waals surface area (Å²) >= 11 is 0. The number of anilines is 1. The summed E-state index contributed by atoms with van der Waals surface area (Å²) in [4.78, 5) is 18.4. The molecule has 1 aromatic heterocycles. The Morgan fingerprint density at radius 1 is 1.11 bits per heavy atom. The van der Waals surface area contributed by atoms with Gasteiger partial charge in [-0.05, 0) is 55.7 Å². The highest BCUT2D eigenvalue weighted by Crippen LogP contribution is 2.33. The number of carbonyl (C=O) groups is 1. The highest BCUT2D eigenvalue weighted by Gasteiger charge is 2.36. The van der Waals surface area contributed by atoms with Crippen molar-refractivity contribution in [3.05, 3.63) is 64.8 Å². The number of rotatable bonds is 3. The molecule has 138 valence electrons. The molecule has 1 fully saturated rings. The van der Waals surface area contributed by atoms with Crippen LogP contribution in [0.3, 0.4) is 0 Å². The van der Waals surface area contributed by atoms with Crippen LogP contribution in [-0.2, 0) is 4.79 Å². The second-order valence-corrected chi connectivity index (χ2v) is 7.12. The van der Waals surface area contributed by atoms with Crippen molar-refractivity contribution in [2.24, 2.45) is 0 Å². The van der Waals surface area contributed by atoms with Crippen LogP contribution in [0.25, 0.3) is 11.4 Å². The van der Waals surface area contributed by atoms with E-state index in [1.165, 1.54) is 16.5 Å². The van der Waals surface area contributed by atoms with Gasteiger partial charge in [0.15, 0.2) is 0 Å². The summed E-state index contributed by atoms with van der Waals surface area (Å²) in [6.07, 6.45) is 0.224. The van der Waals surface area contributed by atoms with E-state index < -0.39 is 5.82 Å². The molecule has 0 radical (unpaired) electrons. The van der Waals surface area contributed by atoms with Crippen molar-refractivity contribution in [2.45, 2.75) is 33.1 Å². The zero-order valence-electron chi connectivity index (χ0n) is 15.5. The molecule has 1 aliphatic rings. The summed E-state index contributed by atoms with van der Waals surface area (Å²) in [6.45, 7) is 6.27. The number of hydrogen-bond acceptors (Lipinski definition) is 4. The molecule has 4 rings (SSSR count). The molecule has 0 saturated carbocycles. The van der Waals surface area contributed by atoms with E-state index in [2.05, 4.69) is 10.1 Å². The zero-order valence-corrected chi connectivity index (χ0v) is 15.5.